The second-order valence-electron chi connectivity index (χ2n) is 10.6. The number of amides is 2. The van der Waals surface area contributed by atoms with Gasteiger partial charge in [0.2, 0.25) is 23.8 Å². The first-order valence-corrected chi connectivity index (χ1v) is 15.3. The van der Waals surface area contributed by atoms with Crippen molar-refractivity contribution in [1.82, 2.24) is 25.6 Å². The Morgan fingerprint density at radius 2 is 1.25 bits per heavy atom. The van der Waals surface area contributed by atoms with E-state index in [0.29, 0.717) is 49.8 Å². The second kappa shape index (κ2) is 17.0. The molecule has 5 rings (SSSR count). The fourth-order valence-corrected chi connectivity index (χ4v) is 4.46. The lowest BCUT2D eigenvalue weighted by molar-refractivity contribution is -0.122. The number of aromatic hydroxyl groups is 1. The van der Waals surface area contributed by atoms with E-state index in [0.717, 1.165) is 11.1 Å². The van der Waals surface area contributed by atoms with E-state index in [1.807, 2.05) is 60.7 Å². The average Bonchev–Trinajstić information content (AvgIpc) is 3.12. The van der Waals surface area contributed by atoms with E-state index in [1.54, 1.807) is 48.5 Å². The normalized spacial score (nSPS) is 11.3. The third kappa shape index (κ3) is 10.2. The van der Waals surface area contributed by atoms with Crippen LogP contribution in [0.3, 0.4) is 0 Å². The Morgan fingerprint density at radius 1 is 0.688 bits per heavy atom. The molecule has 13 heteroatoms. The summed E-state index contributed by atoms with van der Waals surface area (Å²) in [6, 6.07) is 31.6. The minimum Gasteiger partial charge on any atom is -0.508 e. The Balaban J connectivity index is 1.14. The molecule has 8 N–H and O–H groups in total. The molecule has 0 saturated carbocycles. The Bertz CT molecular complexity index is 1760. The largest absolute Gasteiger partial charge is 0.508 e. The molecule has 1 atom stereocenters. The number of hydrogen-bond donors (Lipinski definition) is 7. The van der Waals surface area contributed by atoms with Gasteiger partial charge < -0.3 is 42.2 Å². The molecule has 0 fully saturated rings. The first-order chi connectivity index (χ1) is 23.4. The molecule has 4 aromatic carbocycles. The van der Waals surface area contributed by atoms with Gasteiger partial charge in [-0.1, -0.05) is 60.7 Å². The van der Waals surface area contributed by atoms with Crippen molar-refractivity contribution in [3.8, 4) is 5.75 Å². The summed E-state index contributed by atoms with van der Waals surface area (Å²) in [4.78, 5) is 38.4. The van der Waals surface area contributed by atoms with Crippen LogP contribution in [0.25, 0.3) is 0 Å². The number of carbonyl (C=O) groups is 2. The number of phenols is 1. The van der Waals surface area contributed by atoms with Crippen molar-refractivity contribution in [3.63, 3.8) is 0 Å². The number of benzene rings is 4. The van der Waals surface area contributed by atoms with E-state index >= 15 is 0 Å². The number of carbonyl (C=O) groups excluding carboxylic acids is 2. The third-order valence-electron chi connectivity index (χ3n) is 6.97. The summed E-state index contributed by atoms with van der Waals surface area (Å²) in [7, 11) is 0. The molecule has 1 unspecified atom stereocenters. The summed E-state index contributed by atoms with van der Waals surface area (Å²) in [5.74, 6) is 0.484. The Hall–Kier alpha value is -6.05. The number of phenolic OH excluding ortho intramolecular Hbond substituents is 1. The van der Waals surface area contributed by atoms with Crippen molar-refractivity contribution in [2.75, 3.05) is 42.3 Å². The van der Waals surface area contributed by atoms with Crippen LogP contribution in [0.5, 0.6) is 5.75 Å². The zero-order chi connectivity index (χ0) is 33.6. The number of ether oxygens (including phenoxy) is 1. The van der Waals surface area contributed by atoms with Crippen LogP contribution in [0.2, 0.25) is 0 Å². The number of nitrogens with one attached hydrogen (secondary N) is 5. The van der Waals surface area contributed by atoms with Crippen LogP contribution in [0.4, 0.5) is 29.2 Å². The quantitative estimate of drug-likeness (QED) is 0.0599. The fourth-order valence-electron chi connectivity index (χ4n) is 4.46. The first-order valence-electron chi connectivity index (χ1n) is 15.3. The third-order valence-corrected chi connectivity index (χ3v) is 6.97. The average molecular weight is 648 g/mol. The van der Waals surface area contributed by atoms with Crippen LogP contribution in [0.1, 0.15) is 27.5 Å². The van der Waals surface area contributed by atoms with Crippen molar-refractivity contribution >= 4 is 41.0 Å². The number of hydrogen-bond acceptors (Lipinski definition) is 11. The minimum absolute atomic E-state index is 0.136. The molecule has 0 saturated heterocycles. The van der Waals surface area contributed by atoms with Crippen LogP contribution in [0, 0.1) is 0 Å². The zero-order valence-electron chi connectivity index (χ0n) is 26.1. The summed E-state index contributed by atoms with van der Waals surface area (Å²) in [5.41, 5.74) is 9.63. The van der Waals surface area contributed by atoms with Gasteiger partial charge in [-0.05, 0) is 59.7 Å². The van der Waals surface area contributed by atoms with Crippen molar-refractivity contribution in [2.24, 2.45) is 5.73 Å². The van der Waals surface area contributed by atoms with Gasteiger partial charge in [0, 0.05) is 36.6 Å². The zero-order valence-corrected chi connectivity index (χ0v) is 26.1. The molecular weight excluding hydrogens is 610 g/mol. The molecule has 0 bridgehead atoms. The van der Waals surface area contributed by atoms with Gasteiger partial charge in [-0.15, -0.1) is 0 Å². The smallest absolute Gasteiger partial charge is 0.251 e. The van der Waals surface area contributed by atoms with Gasteiger partial charge >= 0.3 is 0 Å². The maximum atomic E-state index is 12.6. The van der Waals surface area contributed by atoms with E-state index in [-0.39, 0.29) is 35.4 Å². The van der Waals surface area contributed by atoms with Gasteiger partial charge in [0.25, 0.3) is 5.91 Å². The molecule has 2 amide bonds. The predicted molar refractivity (Wildman–Crippen MR) is 184 cm³/mol. The van der Waals surface area contributed by atoms with Crippen molar-refractivity contribution in [1.29, 1.82) is 0 Å². The second-order valence-corrected chi connectivity index (χ2v) is 10.6. The van der Waals surface area contributed by atoms with Gasteiger partial charge in [0.15, 0.2) is 0 Å². The number of aromatic nitrogens is 3. The first kappa shape index (κ1) is 33.3. The summed E-state index contributed by atoms with van der Waals surface area (Å²) in [5, 5.41) is 24.7. The summed E-state index contributed by atoms with van der Waals surface area (Å²) < 4.78 is 5.65. The summed E-state index contributed by atoms with van der Waals surface area (Å²) in [6.45, 7) is 1.75. The van der Waals surface area contributed by atoms with E-state index in [4.69, 9.17) is 10.5 Å². The molecule has 0 aliphatic rings. The van der Waals surface area contributed by atoms with Crippen LogP contribution in [-0.2, 0) is 16.1 Å². The van der Waals surface area contributed by atoms with Gasteiger partial charge in [0.05, 0.1) is 13.2 Å². The van der Waals surface area contributed by atoms with Crippen LogP contribution in [0.15, 0.2) is 109 Å². The lowest BCUT2D eigenvalue weighted by Gasteiger charge is -2.13. The molecule has 5 aromatic rings. The van der Waals surface area contributed by atoms with Gasteiger partial charge in [-0.25, -0.2) is 0 Å². The predicted octanol–water partition coefficient (Wildman–Crippen LogP) is 4.24. The minimum atomic E-state index is -0.744. The number of rotatable bonds is 16. The van der Waals surface area contributed by atoms with Crippen LogP contribution >= 0.6 is 0 Å². The van der Waals surface area contributed by atoms with Crippen molar-refractivity contribution < 1.29 is 19.4 Å². The van der Waals surface area contributed by atoms with E-state index < -0.39 is 6.04 Å². The standard InChI is InChI=1S/C35H37N9O4/c36-30(25-9-5-2-6-10-25)32(47)37-19-21-48-22-20-38-33-42-34(44-35(43-33)41-28-15-17-29(45)18-16-28)40-27-13-11-26(12-14-27)31(46)39-23-24-7-3-1-4-8-24/h1-18,30,45H,19-23,36H2,(H,37,47)(H,39,46)(H3,38,40,41,42,43,44). The maximum Gasteiger partial charge on any atom is 0.251 e. The van der Waals surface area contributed by atoms with Crippen LogP contribution < -0.4 is 32.3 Å². The summed E-state index contributed by atoms with van der Waals surface area (Å²) >= 11 is 0. The SMILES string of the molecule is NC(C(=O)NCCOCCNc1nc(Nc2ccc(O)cc2)nc(Nc2ccc(C(=O)NCc3ccccc3)cc2)n1)c1ccccc1. The highest BCUT2D eigenvalue weighted by atomic mass is 16.5. The molecule has 246 valence electrons. The number of anilines is 5. The maximum absolute atomic E-state index is 12.6. The van der Waals surface area contributed by atoms with Crippen molar-refractivity contribution in [3.05, 3.63) is 126 Å². The van der Waals surface area contributed by atoms with E-state index in [1.165, 1.54) is 0 Å². The van der Waals surface area contributed by atoms with Gasteiger partial charge in [-0.3, -0.25) is 9.59 Å². The summed E-state index contributed by atoms with van der Waals surface area (Å²) in [6.07, 6.45) is 0. The Kier molecular flexibility index (Phi) is 11.8. The number of nitrogens with two attached hydrogens (primary N) is 1. The Labute approximate surface area is 278 Å². The highest BCUT2D eigenvalue weighted by molar-refractivity contribution is 5.94. The lowest BCUT2D eigenvalue weighted by atomic mass is 10.1. The lowest BCUT2D eigenvalue weighted by Crippen LogP contribution is -2.36. The molecule has 0 spiro atoms. The molecular formula is C35H37N9O4. The van der Waals surface area contributed by atoms with Crippen molar-refractivity contribution in [2.45, 2.75) is 12.6 Å². The highest BCUT2D eigenvalue weighted by Gasteiger charge is 2.14. The topological polar surface area (TPSA) is 188 Å². The number of nitrogens with zero attached hydrogens (tertiary/aromatic N) is 3. The molecule has 1 aromatic heterocycles. The fraction of sp³-hybridized carbons (Fsp3) is 0.171. The van der Waals surface area contributed by atoms with Crippen LogP contribution in [-0.4, -0.2) is 58.2 Å². The molecule has 0 aliphatic carbocycles. The molecule has 0 radical (unpaired) electrons. The Morgan fingerprint density at radius 3 is 1.90 bits per heavy atom. The molecule has 0 aliphatic heterocycles. The monoisotopic (exact) mass is 647 g/mol. The molecule has 48 heavy (non-hydrogen) atoms. The van der Waals surface area contributed by atoms with E-state index in [2.05, 4.69) is 41.5 Å². The molecule has 13 nitrogen and oxygen atoms in total. The molecule has 1 heterocycles. The van der Waals surface area contributed by atoms with E-state index in [9.17, 15) is 14.7 Å². The highest BCUT2D eigenvalue weighted by Crippen LogP contribution is 2.21. The van der Waals surface area contributed by atoms with Gasteiger partial charge in [0.1, 0.15) is 11.8 Å². The van der Waals surface area contributed by atoms with Gasteiger partial charge in [-0.2, -0.15) is 15.0 Å².